The molecule has 0 bridgehead atoms. The highest BCUT2D eigenvalue weighted by molar-refractivity contribution is 7.94. The van der Waals surface area contributed by atoms with Gasteiger partial charge in [-0.15, -0.1) is 0 Å². The smallest absolute Gasteiger partial charge is 0.408 e. The topological polar surface area (TPSA) is 100 Å². The van der Waals surface area contributed by atoms with Crippen LogP contribution in [-0.2, 0) is 34.6 Å². The molecule has 0 spiro atoms. The molecule has 9 heteroatoms. The fraction of sp³-hybridized carbons (Fsp3) is 0.500. The molecule has 0 aliphatic rings. The minimum Gasteiger partial charge on any atom is -0.464 e. The predicted molar refractivity (Wildman–Crippen MR) is 99.8 cm³/mol. The highest BCUT2D eigenvalue weighted by Crippen LogP contribution is 2.08. The molecule has 1 aromatic rings. The van der Waals surface area contributed by atoms with Gasteiger partial charge in [-0.2, -0.15) is 0 Å². The van der Waals surface area contributed by atoms with Gasteiger partial charge < -0.3 is 23.7 Å². The van der Waals surface area contributed by atoms with Crippen LogP contribution in [0, 0.1) is 0 Å². The first-order valence-corrected chi connectivity index (χ1v) is 9.38. The number of nitrogens with one attached hydrogen (secondary N) is 1. The summed E-state index contributed by atoms with van der Waals surface area (Å²) in [6.45, 7) is 3.31. The zero-order valence-corrected chi connectivity index (χ0v) is 16.5. The maximum atomic E-state index is 12.1. The lowest BCUT2D eigenvalue weighted by atomic mass is 10.2. The Hall–Kier alpha value is -2.26. The molecule has 0 heterocycles. The summed E-state index contributed by atoms with van der Waals surface area (Å²) in [6.07, 6.45) is -1.63. The van der Waals surface area contributed by atoms with Crippen molar-refractivity contribution >= 4 is 30.1 Å². The lowest BCUT2D eigenvalue weighted by molar-refractivity contribution is -0.156. The molecule has 0 aromatic heterocycles. The van der Waals surface area contributed by atoms with E-state index >= 15 is 0 Å². The van der Waals surface area contributed by atoms with Crippen LogP contribution in [0.5, 0.6) is 0 Å². The van der Waals surface area contributed by atoms with Crippen molar-refractivity contribution in [3.05, 3.63) is 35.9 Å². The largest absolute Gasteiger partial charge is 0.464 e. The summed E-state index contributed by atoms with van der Waals surface area (Å²) in [5, 5.41) is 2.40. The van der Waals surface area contributed by atoms with Crippen LogP contribution >= 0.6 is 12.0 Å². The molecule has 1 rings (SSSR count). The fourth-order valence-electron chi connectivity index (χ4n) is 2.03. The van der Waals surface area contributed by atoms with Crippen LogP contribution in [0.25, 0.3) is 0 Å². The summed E-state index contributed by atoms with van der Waals surface area (Å²) >= 11 is 1.12. The SMILES string of the molecule is CCOC(=O)C(NC(=O)OCc1ccccc1)C(C)OC(=O)CCSOC. The van der Waals surface area contributed by atoms with E-state index < -0.39 is 30.2 Å². The molecule has 150 valence electrons. The number of amides is 1. The Bertz CT molecular complexity index is 597. The van der Waals surface area contributed by atoms with E-state index in [1.807, 2.05) is 18.2 Å². The highest BCUT2D eigenvalue weighted by atomic mass is 32.2. The molecule has 2 atom stereocenters. The second kappa shape index (κ2) is 13.0. The summed E-state index contributed by atoms with van der Waals surface area (Å²) in [7, 11) is 1.50. The first-order valence-electron chi connectivity index (χ1n) is 8.46. The van der Waals surface area contributed by atoms with E-state index in [9.17, 15) is 14.4 Å². The van der Waals surface area contributed by atoms with Gasteiger partial charge >= 0.3 is 18.0 Å². The van der Waals surface area contributed by atoms with Crippen molar-refractivity contribution in [2.75, 3.05) is 19.5 Å². The van der Waals surface area contributed by atoms with Gasteiger partial charge in [-0.05, 0) is 31.5 Å². The second-order valence-corrected chi connectivity index (χ2v) is 6.35. The van der Waals surface area contributed by atoms with Gasteiger partial charge in [0.05, 0.1) is 20.1 Å². The Morgan fingerprint density at radius 1 is 1.15 bits per heavy atom. The van der Waals surface area contributed by atoms with E-state index in [-0.39, 0.29) is 19.6 Å². The second-order valence-electron chi connectivity index (χ2n) is 5.37. The number of alkyl carbamates (subject to hydrolysis) is 1. The van der Waals surface area contributed by atoms with Gasteiger partial charge in [0.15, 0.2) is 6.04 Å². The molecule has 8 nitrogen and oxygen atoms in total. The van der Waals surface area contributed by atoms with E-state index in [0.29, 0.717) is 5.75 Å². The summed E-state index contributed by atoms with van der Waals surface area (Å²) in [6, 6.07) is 7.92. The van der Waals surface area contributed by atoms with Gasteiger partial charge in [-0.3, -0.25) is 4.79 Å². The number of benzene rings is 1. The molecule has 27 heavy (non-hydrogen) atoms. The Morgan fingerprint density at radius 2 is 1.85 bits per heavy atom. The van der Waals surface area contributed by atoms with E-state index in [2.05, 4.69) is 5.32 Å². The van der Waals surface area contributed by atoms with Crippen LogP contribution in [0.2, 0.25) is 0 Å². The molecule has 0 saturated heterocycles. The zero-order valence-electron chi connectivity index (χ0n) is 15.6. The maximum Gasteiger partial charge on any atom is 0.408 e. The molecule has 0 radical (unpaired) electrons. The summed E-state index contributed by atoms with van der Waals surface area (Å²) in [5.41, 5.74) is 0.801. The van der Waals surface area contributed by atoms with Crippen LogP contribution in [0.3, 0.4) is 0 Å². The molecule has 1 amide bonds. The number of hydrogen-bond acceptors (Lipinski definition) is 8. The van der Waals surface area contributed by atoms with Crippen molar-refractivity contribution in [2.45, 2.75) is 39.0 Å². The molecular formula is C18H25NO7S. The van der Waals surface area contributed by atoms with Crippen molar-refractivity contribution in [3.63, 3.8) is 0 Å². The predicted octanol–water partition coefficient (Wildman–Crippen LogP) is 2.46. The molecule has 0 aliphatic carbocycles. The molecule has 0 saturated carbocycles. The molecular weight excluding hydrogens is 374 g/mol. The lowest BCUT2D eigenvalue weighted by Crippen LogP contribution is -2.50. The Morgan fingerprint density at radius 3 is 2.48 bits per heavy atom. The maximum absolute atomic E-state index is 12.1. The summed E-state index contributed by atoms with van der Waals surface area (Å²) in [4.78, 5) is 36.0. The van der Waals surface area contributed by atoms with Crippen molar-refractivity contribution in [2.24, 2.45) is 0 Å². The number of rotatable bonds is 11. The average molecular weight is 399 g/mol. The average Bonchev–Trinajstić information content (AvgIpc) is 2.65. The molecule has 2 unspecified atom stereocenters. The fourth-order valence-corrected chi connectivity index (χ4v) is 2.45. The standard InChI is InChI=1S/C18H25NO7S/c1-4-24-17(21)16(13(2)26-15(20)10-11-27-23-3)19-18(22)25-12-14-8-6-5-7-9-14/h5-9,13,16H,4,10-12H2,1-3H3,(H,19,22). The van der Waals surface area contributed by atoms with Gasteiger partial charge in [0.2, 0.25) is 0 Å². The Balaban J connectivity index is 2.60. The first-order chi connectivity index (χ1) is 13.0. The quantitative estimate of drug-likeness (QED) is 0.262. The lowest BCUT2D eigenvalue weighted by Gasteiger charge is -2.23. The minimum atomic E-state index is -1.17. The third kappa shape index (κ3) is 9.30. The van der Waals surface area contributed by atoms with Crippen molar-refractivity contribution in [3.8, 4) is 0 Å². The van der Waals surface area contributed by atoms with Gasteiger partial charge in [0, 0.05) is 5.75 Å². The van der Waals surface area contributed by atoms with Crippen molar-refractivity contribution < 1.29 is 32.8 Å². The number of carbonyl (C=O) groups excluding carboxylic acids is 3. The molecule has 1 N–H and O–H groups in total. The van der Waals surface area contributed by atoms with Crippen LogP contribution in [-0.4, -0.2) is 49.6 Å². The highest BCUT2D eigenvalue weighted by Gasteiger charge is 2.31. The van der Waals surface area contributed by atoms with Gasteiger partial charge in [0.25, 0.3) is 0 Å². The van der Waals surface area contributed by atoms with E-state index in [0.717, 1.165) is 17.6 Å². The van der Waals surface area contributed by atoms with E-state index in [1.54, 1.807) is 19.1 Å². The third-order valence-electron chi connectivity index (χ3n) is 3.32. The van der Waals surface area contributed by atoms with Gasteiger partial charge in [-0.1, -0.05) is 30.3 Å². The monoisotopic (exact) mass is 399 g/mol. The van der Waals surface area contributed by atoms with Crippen molar-refractivity contribution in [1.82, 2.24) is 5.32 Å². The normalized spacial score (nSPS) is 12.6. The number of hydrogen-bond donors (Lipinski definition) is 1. The van der Waals surface area contributed by atoms with Crippen LogP contribution in [0.4, 0.5) is 4.79 Å². The first kappa shape index (κ1) is 22.8. The molecule has 1 aromatic carbocycles. The minimum absolute atomic E-state index is 0.0463. The molecule has 0 aliphatic heterocycles. The van der Waals surface area contributed by atoms with Crippen LogP contribution < -0.4 is 5.32 Å². The number of esters is 2. The van der Waals surface area contributed by atoms with Gasteiger partial charge in [0.1, 0.15) is 12.7 Å². The summed E-state index contributed by atoms with van der Waals surface area (Å²) < 4.78 is 20.1. The van der Waals surface area contributed by atoms with E-state index in [1.165, 1.54) is 14.0 Å². The van der Waals surface area contributed by atoms with Crippen LogP contribution in [0.15, 0.2) is 30.3 Å². The van der Waals surface area contributed by atoms with Crippen LogP contribution in [0.1, 0.15) is 25.8 Å². The van der Waals surface area contributed by atoms with E-state index in [4.69, 9.17) is 18.4 Å². The number of ether oxygens (including phenoxy) is 3. The summed E-state index contributed by atoms with van der Waals surface area (Å²) in [5.74, 6) is -0.805. The Labute approximate surface area is 163 Å². The number of carbonyl (C=O) groups is 3. The van der Waals surface area contributed by atoms with Crippen molar-refractivity contribution in [1.29, 1.82) is 0 Å². The third-order valence-corrected chi connectivity index (χ3v) is 3.93. The Kier molecular flexibility index (Phi) is 11.0. The van der Waals surface area contributed by atoms with Gasteiger partial charge in [-0.25, -0.2) is 9.59 Å². The zero-order chi connectivity index (χ0) is 20.1. The molecule has 0 fully saturated rings.